The number of benzene rings is 4. The lowest BCUT2D eigenvalue weighted by Crippen LogP contribution is -2.15. The zero-order valence-electron chi connectivity index (χ0n) is 17.0. The highest BCUT2D eigenvalue weighted by Gasteiger charge is 2.23. The molecule has 0 fully saturated rings. The molecule has 1 aliphatic rings. The average Bonchev–Trinajstić information content (AvgIpc) is 2.80. The monoisotopic (exact) mass is 517 g/mol. The van der Waals surface area contributed by atoms with E-state index in [1.807, 2.05) is 48.3 Å². The Labute approximate surface area is 210 Å². The van der Waals surface area contributed by atoms with Gasteiger partial charge in [-0.15, -0.1) is 0 Å². The van der Waals surface area contributed by atoms with Gasteiger partial charge in [-0.2, -0.15) is 0 Å². The quantitative estimate of drug-likeness (QED) is 0.278. The molecular formula is C25H15Cl4NO3. The smallest absolute Gasteiger partial charge is 0.152 e. The van der Waals surface area contributed by atoms with E-state index >= 15 is 0 Å². The summed E-state index contributed by atoms with van der Waals surface area (Å²) in [4.78, 5) is 2.02. The number of nitrogens with zero attached hydrogens (tertiary/aromatic N) is 1. The first kappa shape index (κ1) is 22.1. The van der Waals surface area contributed by atoms with Crippen LogP contribution in [0.1, 0.15) is 0 Å². The maximum Gasteiger partial charge on any atom is 0.152 e. The van der Waals surface area contributed by atoms with Crippen molar-refractivity contribution in [3.63, 3.8) is 0 Å². The predicted octanol–water partition coefficient (Wildman–Crippen LogP) is 8.92. The molecule has 166 valence electrons. The van der Waals surface area contributed by atoms with Gasteiger partial charge in [0.1, 0.15) is 0 Å². The van der Waals surface area contributed by atoms with Crippen LogP contribution in [0.4, 0.5) is 11.4 Å². The SMILES string of the molecule is CN1c2cc(-c3cc(Cl)c(O)c(Cl)c3)ccc2Oc2ccc(-c3cc(Cl)c(O)c(Cl)c3)cc21. The van der Waals surface area contributed by atoms with Crippen molar-refractivity contribution in [3.05, 3.63) is 80.8 Å². The van der Waals surface area contributed by atoms with Crippen molar-refractivity contribution in [1.29, 1.82) is 0 Å². The Hall–Kier alpha value is -2.76. The van der Waals surface area contributed by atoms with Crippen LogP contribution in [0.15, 0.2) is 60.7 Å². The molecule has 0 saturated carbocycles. The highest BCUT2D eigenvalue weighted by Crippen LogP contribution is 2.49. The average molecular weight is 519 g/mol. The summed E-state index contributed by atoms with van der Waals surface area (Å²) in [7, 11) is 1.95. The molecule has 0 amide bonds. The number of aromatic hydroxyl groups is 2. The van der Waals surface area contributed by atoms with Gasteiger partial charge in [-0.1, -0.05) is 58.5 Å². The largest absolute Gasteiger partial charge is 0.505 e. The summed E-state index contributed by atoms with van der Waals surface area (Å²) < 4.78 is 6.14. The fourth-order valence-corrected chi connectivity index (χ4v) is 4.78. The summed E-state index contributed by atoms with van der Waals surface area (Å²) in [6.45, 7) is 0. The molecule has 4 aromatic rings. The van der Waals surface area contributed by atoms with Crippen LogP contribution in [0.2, 0.25) is 20.1 Å². The van der Waals surface area contributed by atoms with Crippen molar-refractivity contribution in [2.24, 2.45) is 0 Å². The molecular weight excluding hydrogens is 504 g/mol. The number of anilines is 2. The van der Waals surface area contributed by atoms with Crippen LogP contribution in [0.5, 0.6) is 23.0 Å². The van der Waals surface area contributed by atoms with Crippen LogP contribution in [-0.2, 0) is 0 Å². The summed E-state index contributed by atoms with van der Waals surface area (Å²) in [5, 5.41) is 20.5. The molecule has 0 radical (unpaired) electrons. The van der Waals surface area contributed by atoms with Crippen molar-refractivity contribution < 1.29 is 14.9 Å². The molecule has 1 heterocycles. The van der Waals surface area contributed by atoms with Crippen molar-refractivity contribution in [2.45, 2.75) is 0 Å². The summed E-state index contributed by atoms with van der Waals surface area (Å²) in [6.07, 6.45) is 0. The minimum absolute atomic E-state index is 0.142. The molecule has 5 rings (SSSR count). The molecule has 0 aliphatic carbocycles. The second kappa shape index (κ2) is 8.23. The molecule has 0 aromatic heterocycles. The van der Waals surface area contributed by atoms with Gasteiger partial charge in [0.05, 0.1) is 31.5 Å². The zero-order valence-corrected chi connectivity index (χ0v) is 20.1. The summed E-state index contributed by atoms with van der Waals surface area (Å²) in [5.74, 6) is 1.12. The summed E-state index contributed by atoms with van der Waals surface area (Å²) in [6, 6.07) is 18.2. The van der Waals surface area contributed by atoms with Crippen molar-refractivity contribution >= 4 is 57.8 Å². The van der Waals surface area contributed by atoms with Gasteiger partial charge in [-0.3, -0.25) is 0 Å². The van der Waals surface area contributed by atoms with Crippen molar-refractivity contribution in [3.8, 4) is 45.3 Å². The van der Waals surface area contributed by atoms with Gasteiger partial charge in [0.2, 0.25) is 0 Å². The van der Waals surface area contributed by atoms with Gasteiger partial charge in [-0.05, 0) is 70.8 Å². The Morgan fingerprint density at radius 1 is 0.576 bits per heavy atom. The Kier molecular flexibility index (Phi) is 5.50. The van der Waals surface area contributed by atoms with Gasteiger partial charge in [-0.25, -0.2) is 0 Å². The van der Waals surface area contributed by atoms with E-state index in [4.69, 9.17) is 51.1 Å². The van der Waals surface area contributed by atoms with Crippen LogP contribution < -0.4 is 9.64 Å². The molecule has 2 N–H and O–H groups in total. The van der Waals surface area contributed by atoms with Crippen LogP contribution in [-0.4, -0.2) is 17.3 Å². The van der Waals surface area contributed by atoms with Gasteiger partial charge in [0, 0.05) is 7.05 Å². The molecule has 4 nitrogen and oxygen atoms in total. The molecule has 4 aromatic carbocycles. The van der Waals surface area contributed by atoms with E-state index < -0.39 is 0 Å². The lowest BCUT2D eigenvalue weighted by Gasteiger charge is -2.30. The molecule has 0 atom stereocenters. The number of phenolic OH excluding ortho intramolecular Hbond substituents is 2. The molecule has 33 heavy (non-hydrogen) atoms. The number of fused-ring (bicyclic) bond motifs is 2. The number of halogens is 4. The molecule has 8 heteroatoms. The van der Waals surface area contributed by atoms with Gasteiger partial charge >= 0.3 is 0 Å². The molecule has 0 unspecified atom stereocenters. The fourth-order valence-electron chi connectivity index (χ4n) is 3.80. The molecule has 0 saturated heterocycles. The van der Waals surface area contributed by atoms with E-state index in [9.17, 15) is 10.2 Å². The van der Waals surface area contributed by atoms with E-state index in [-0.39, 0.29) is 31.6 Å². The minimum Gasteiger partial charge on any atom is -0.505 e. The second-order valence-corrected chi connectivity index (χ2v) is 9.23. The third kappa shape index (κ3) is 3.83. The van der Waals surface area contributed by atoms with Crippen LogP contribution >= 0.6 is 46.4 Å². The standard InChI is InChI=1S/C25H15Cl4NO3/c1-30-20-10-12(14-6-16(26)24(31)17(27)7-14)2-4-22(20)33-23-5-3-13(11-21(23)30)15-8-18(28)25(32)19(29)9-15/h2-11,31-32H,1H3. The number of phenols is 2. The van der Waals surface area contributed by atoms with Crippen LogP contribution in [0.3, 0.4) is 0 Å². The van der Waals surface area contributed by atoms with Gasteiger partial charge < -0.3 is 19.8 Å². The first-order chi connectivity index (χ1) is 15.7. The number of rotatable bonds is 2. The van der Waals surface area contributed by atoms with E-state index in [1.54, 1.807) is 24.3 Å². The number of hydrogen-bond donors (Lipinski definition) is 2. The Morgan fingerprint density at radius 2 is 0.939 bits per heavy atom. The van der Waals surface area contributed by atoms with Gasteiger partial charge in [0.25, 0.3) is 0 Å². The van der Waals surface area contributed by atoms with Gasteiger partial charge in [0.15, 0.2) is 23.0 Å². The maximum absolute atomic E-state index is 9.87. The molecule has 0 spiro atoms. The normalized spacial score (nSPS) is 12.2. The van der Waals surface area contributed by atoms with Crippen molar-refractivity contribution in [1.82, 2.24) is 0 Å². The van der Waals surface area contributed by atoms with E-state index in [2.05, 4.69) is 0 Å². The Morgan fingerprint density at radius 3 is 1.30 bits per heavy atom. The number of ether oxygens (including phenoxy) is 1. The van der Waals surface area contributed by atoms with Crippen LogP contribution in [0.25, 0.3) is 22.3 Å². The third-order valence-corrected chi connectivity index (χ3v) is 6.71. The lowest BCUT2D eigenvalue weighted by molar-refractivity contribution is 0.475. The van der Waals surface area contributed by atoms with Crippen molar-refractivity contribution in [2.75, 3.05) is 11.9 Å². The second-order valence-electron chi connectivity index (χ2n) is 7.60. The van der Waals surface area contributed by atoms with Crippen LogP contribution in [0, 0.1) is 0 Å². The lowest BCUT2D eigenvalue weighted by atomic mass is 10.0. The fraction of sp³-hybridized carbons (Fsp3) is 0.0400. The zero-order chi connectivity index (χ0) is 23.4. The maximum atomic E-state index is 9.87. The summed E-state index contributed by atoms with van der Waals surface area (Å²) >= 11 is 24.4. The van der Waals surface area contributed by atoms with E-state index in [1.165, 1.54) is 0 Å². The highest BCUT2D eigenvalue weighted by molar-refractivity contribution is 6.38. The molecule has 1 aliphatic heterocycles. The number of hydrogen-bond acceptors (Lipinski definition) is 4. The Balaban J connectivity index is 1.56. The topological polar surface area (TPSA) is 52.9 Å². The minimum atomic E-state index is -0.142. The third-order valence-electron chi connectivity index (χ3n) is 5.56. The predicted molar refractivity (Wildman–Crippen MR) is 135 cm³/mol. The highest BCUT2D eigenvalue weighted by atomic mass is 35.5. The molecule has 0 bridgehead atoms. The summed E-state index contributed by atoms with van der Waals surface area (Å²) in [5.41, 5.74) is 4.96. The van der Waals surface area contributed by atoms with E-state index in [0.717, 1.165) is 33.6 Å². The first-order valence-electron chi connectivity index (χ1n) is 9.79. The Bertz CT molecular complexity index is 1280. The first-order valence-corrected chi connectivity index (χ1v) is 11.3. The van der Waals surface area contributed by atoms with E-state index in [0.29, 0.717) is 11.5 Å².